The number of carbonyl (C=O) groups excluding carboxylic acids is 2. The second-order valence-corrected chi connectivity index (χ2v) is 7.19. The van der Waals surface area contributed by atoms with Gasteiger partial charge >= 0.3 is 12.0 Å². The van der Waals surface area contributed by atoms with E-state index in [1.165, 1.54) is 0 Å². The third-order valence-electron chi connectivity index (χ3n) is 5.40. The average Bonchev–Trinajstić information content (AvgIpc) is 3.10. The van der Waals surface area contributed by atoms with Crippen molar-refractivity contribution >= 4 is 23.4 Å². The van der Waals surface area contributed by atoms with E-state index in [2.05, 4.69) is 5.32 Å². The van der Waals surface area contributed by atoms with Crippen molar-refractivity contribution in [1.29, 1.82) is 0 Å². The van der Waals surface area contributed by atoms with Crippen LogP contribution >= 0.6 is 0 Å². The van der Waals surface area contributed by atoms with Crippen LogP contribution in [0.2, 0.25) is 0 Å². The van der Waals surface area contributed by atoms with E-state index >= 15 is 0 Å². The van der Waals surface area contributed by atoms with Crippen molar-refractivity contribution in [3.63, 3.8) is 0 Å². The number of piperazine rings is 1. The van der Waals surface area contributed by atoms with Crippen molar-refractivity contribution in [2.45, 2.75) is 37.9 Å². The van der Waals surface area contributed by atoms with E-state index in [9.17, 15) is 9.59 Å². The topological polar surface area (TPSA) is 61.9 Å². The molecule has 2 aliphatic rings. The second kappa shape index (κ2) is 8.02. The van der Waals surface area contributed by atoms with Gasteiger partial charge in [-0.3, -0.25) is 4.90 Å². The predicted octanol–water partition coefficient (Wildman–Crippen LogP) is 3.31. The van der Waals surface area contributed by atoms with Crippen molar-refractivity contribution in [2.75, 3.05) is 18.1 Å². The Morgan fingerprint density at radius 3 is 2.21 bits per heavy atom. The van der Waals surface area contributed by atoms with Gasteiger partial charge in [-0.25, -0.2) is 9.59 Å². The number of likely N-dealkylation sites (tertiary alicyclic amines) is 1. The molecule has 2 heterocycles. The molecule has 2 aromatic rings. The Labute approximate surface area is 165 Å². The minimum absolute atomic E-state index is 0.0600. The first-order valence-electron chi connectivity index (χ1n) is 9.82. The Hall–Kier alpha value is -2.86. The fourth-order valence-electron chi connectivity index (χ4n) is 4.18. The highest BCUT2D eigenvalue weighted by Crippen LogP contribution is 2.32. The fraction of sp³-hybridized carbons (Fsp3) is 0.364. The van der Waals surface area contributed by atoms with Crippen molar-refractivity contribution in [3.05, 3.63) is 60.7 Å². The van der Waals surface area contributed by atoms with Gasteiger partial charge in [-0.05, 0) is 44.0 Å². The molecule has 6 nitrogen and oxygen atoms in total. The SMILES string of the molecule is CCOC(=O)[C@H]1[C@H]2CC[C@@H](CN1C(=O)N(c1ccccc1)c1ccccc1)N2. The second-order valence-electron chi connectivity index (χ2n) is 7.19. The summed E-state index contributed by atoms with van der Waals surface area (Å²) in [5, 5.41) is 3.47. The number of anilines is 2. The summed E-state index contributed by atoms with van der Waals surface area (Å²) in [6.07, 6.45) is 1.83. The first-order valence-corrected chi connectivity index (χ1v) is 9.82. The van der Waals surface area contributed by atoms with Crippen LogP contribution in [-0.2, 0) is 9.53 Å². The van der Waals surface area contributed by atoms with Crippen molar-refractivity contribution in [3.8, 4) is 0 Å². The van der Waals surface area contributed by atoms with Gasteiger partial charge in [0.15, 0.2) is 0 Å². The van der Waals surface area contributed by atoms with Crippen molar-refractivity contribution < 1.29 is 14.3 Å². The van der Waals surface area contributed by atoms with Gasteiger partial charge in [0.05, 0.1) is 18.0 Å². The van der Waals surface area contributed by atoms with E-state index in [0.29, 0.717) is 13.2 Å². The number of carbonyl (C=O) groups is 2. The molecule has 28 heavy (non-hydrogen) atoms. The smallest absolute Gasteiger partial charge is 0.330 e. The molecule has 0 spiro atoms. The fourth-order valence-corrected chi connectivity index (χ4v) is 4.18. The molecule has 2 amide bonds. The summed E-state index contributed by atoms with van der Waals surface area (Å²) >= 11 is 0. The predicted molar refractivity (Wildman–Crippen MR) is 107 cm³/mol. The molecule has 0 aliphatic carbocycles. The number of urea groups is 1. The zero-order chi connectivity index (χ0) is 19.5. The quantitative estimate of drug-likeness (QED) is 0.828. The number of rotatable bonds is 4. The number of benzene rings is 2. The summed E-state index contributed by atoms with van der Waals surface area (Å²) < 4.78 is 5.31. The summed E-state index contributed by atoms with van der Waals surface area (Å²) in [6, 6.07) is 18.4. The molecular weight excluding hydrogens is 354 g/mol. The standard InChI is InChI=1S/C22H25N3O3/c1-2-28-21(26)20-19-14-13-16(23-19)15-24(20)22(27)25(17-9-5-3-6-10-17)18-11-7-4-8-12-18/h3-12,16,19-20,23H,2,13-15H2,1H3/t16-,19+,20+/m0/s1. The number of para-hydroxylation sites is 2. The zero-order valence-corrected chi connectivity index (χ0v) is 16.0. The van der Waals surface area contributed by atoms with Gasteiger partial charge in [0, 0.05) is 18.6 Å². The summed E-state index contributed by atoms with van der Waals surface area (Å²) in [4.78, 5) is 29.8. The Morgan fingerprint density at radius 2 is 1.64 bits per heavy atom. The zero-order valence-electron chi connectivity index (χ0n) is 16.0. The van der Waals surface area contributed by atoms with Gasteiger partial charge in [-0.15, -0.1) is 0 Å². The van der Waals surface area contributed by atoms with Gasteiger partial charge in [0.2, 0.25) is 0 Å². The molecule has 1 N–H and O–H groups in total. The lowest BCUT2D eigenvalue weighted by molar-refractivity contribution is -0.150. The average molecular weight is 379 g/mol. The molecule has 0 unspecified atom stereocenters. The van der Waals surface area contributed by atoms with Crippen molar-refractivity contribution in [2.24, 2.45) is 0 Å². The number of nitrogens with zero attached hydrogens (tertiary/aromatic N) is 2. The Bertz CT molecular complexity index is 788. The molecule has 2 aliphatic heterocycles. The molecule has 4 rings (SSSR count). The van der Waals surface area contributed by atoms with E-state index < -0.39 is 6.04 Å². The number of nitrogens with one attached hydrogen (secondary N) is 1. The molecule has 0 saturated carbocycles. The van der Waals surface area contributed by atoms with Crippen LogP contribution in [0, 0.1) is 0 Å². The normalized spacial score (nSPS) is 23.3. The van der Waals surface area contributed by atoms with Crippen LogP contribution < -0.4 is 10.2 Å². The number of esters is 1. The molecule has 2 saturated heterocycles. The van der Waals surface area contributed by atoms with Crippen LogP contribution in [0.1, 0.15) is 19.8 Å². The monoisotopic (exact) mass is 379 g/mol. The minimum atomic E-state index is -0.610. The molecule has 146 valence electrons. The maximum atomic E-state index is 13.8. The lowest BCUT2D eigenvalue weighted by atomic mass is 10.1. The Balaban J connectivity index is 1.71. The molecule has 3 atom stereocenters. The van der Waals surface area contributed by atoms with E-state index in [-0.39, 0.29) is 24.1 Å². The van der Waals surface area contributed by atoms with Crippen LogP contribution in [-0.4, -0.2) is 48.2 Å². The van der Waals surface area contributed by atoms with E-state index in [1.807, 2.05) is 60.7 Å². The van der Waals surface area contributed by atoms with Gasteiger partial charge in [0.25, 0.3) is 0 Å². The molecule has 2 aromatic carbocycles. The Morgan fingerprint density at radius 1 is 1.04 bits per heavy atom. The van der Waals surface area contributed by atoms with Gasteiger partial charge in [0.1, 0.15) is 6.04 Å². The van der Waals surface area contributed by atoms with E-state index in [0.717, 1.165) is 24.2 Å². The lowest BCUT2D eigenvalue weighted by Gasteiger charge is -2.41. The number of ether oxygens (including phenoxy) is 1. The first-order chi connectivity index (χ1) is 13.7. The Kier molecular flexibility index (Phi) is 5.30. The third-order valence-corrected chi connectivity index (χ3v) is 5.40. The maximum absolute atomic E-state index is 13.8. The van der Waals surface area contributed by atoms with E-state index in [1.54, 1.807) is 16.7 Å². The number of amides is 2. The molecule has 0 aromatic heterocycles. The van der Waals surface area contributed by atoms with Gasteiger partial charge in [-0.1, -0.05) is 36.4 Å². The van der Waals surface area contributed by atoms with Crippen LogP contribution in [0.3, 0.4) is 0 Å². The van der Waals surface area contributed by atoms with Crippen LogP contribution in [0.25, 0.3) is 0 Å². The van der Waals surface area contributed by atoms with Gasteiger partial charge < -0.3 is 15.0 Å². The highest BCUT2D eigenvalue weighted by atomic mass is 16.5. The number of fused-ring (bicyclic) bond motifs is 2. The van der Waals surface area contributed by atoms with E-state index in [4.69, 9.17) is 4.74 Å². The molecule has 6 heteroatoms. The third kappa shape index (κ3) is 3.47. The highest BCUT2D eigenvalue weighted by molar-refractivity contribution is 6.01. The molecular formula is C22H25N3O3. The molecule has 2 bridgehead atoms. The summed E-state index contributed by atoms with van der Waals surface area (Å²) in [5.41, 5.74) is 1.54. The van der Waals surface area contributed by atoms with Crippen LogP contribution in [0.5, 0.6) is 0 Å². The summed E-state index contributed by atoms with van der Waals surface area (Å²) in [6.45, 7) is 2.58. The first kappa shape index (κ1) is 18.5. The van der Waals surface area contributed by atoms with Crippen LogP contribution in [0.4, 0.5) is 16.2 Å². The van der Waals surface area contributed by atoms with Gasteiger partial charge in [-0.2, -0.15) is 0 Å². The minimum Gasteiger partial charge on any atom is -0.464 e. The largest absolute Gasteiger partial charge is 0.464 e. The number of hydrogen-bond donors (Lipinski definition) is 1. The highest BCUT2D eigenvalue weighted by Gasteiger charge is 2.47. The molecule has 0 radical (unpaired) electrons. The van der Waals surface area contributed by atoms with Crippen LogP contribution in [0.15, 0.2) is 60.7 Å². The summed E-state index contributed by atoms with van der Waals surface area (Å²) in [7, 11) is 0. The van der Waals surface area contributed by atoms with Crippen molar-refractivity contribution in [1.82, 2.24) is 10.2 Å². The molecule has 2 fully saturated rings. The maximum Gasteiger partial charge on any atom is 0.330 e. The summed E-state index contributed by atoms with van der Waals surface area (Å²) in [5.74, 6) is -0.338. The number of hydrogen-bond acceptors (Lipinski definition) is 4. The lowest BCUT2D eigenvalue weighted by Crippen LogP contribution is -2.64.